The van der Waals surface area contributed by atoms with Gasteiger partial charge in [-0.05, 0) is 51.8 Å². The molecule has 1 fully saturated rings. The van der Waals surface area contributed by atoms with Gasteiger partial charge in [-0.25, -0.2) is 5.43 Å². The van der Waals surface area contributed by atoms with Gasteiger partial charge in [0.05, 0.1) is 30.4 Å². The van der Waals surface area contributed by atoms with Crippen LogP contribution in [0.2, 0.25) is 10.0 Å². The highest BCUT2D eigenvalue weighted by Crippen LogP contribution is 2.28. The van der Waals surface area contributed by atoms with E-state index in [-0.39, 0.29) is 5.91 Å². The molecule has 1 aliphatic rings. The molecular weight excluding hydrogens is 481 g/mol. The molecule has 3 rings (SSSR count). The summed E-state index contributed by atoms with van der Waals surface area (Å²) in [6, 6.07) is 10.8. The van der Waals surface area contributed by atoms with Crippen LogP contribution in [0.4, 0.5) is 0 Å². The standard InChI is InChI=1S/C20H20BrCl2N3O3/c21-17-9-14(11-24-25-20(27)12-26-5-7-28-8-6-26)1-4-19(17)29-13-15-2-3-16(22)10-18(15)23/h1-4,9-11H,5-8,12-13H2,(H,25,27)/b24-11+. The maximum atomic E-state index is 11.9. The summed E-state index contributed by atoms with van der Waals surface area (Å²) in [5, 5.41) is 5.16. The Morgan fingerprint density at radius 2 is 2.03 bits per heavy atom. The number of carbonyl (C=O) groups is 1. The lowest BCUT2D eigenvalue weighted by Gasteiger charge is -2.25. The zero-order chi connectivity index (χ0) is 20.6. The van der Waals surface area contributed by atoms with Gasteiger partial charge in [-0.2, -0.15) is 5.10 Å². The van der Waals surface area contributed by atoms with Gasteiger partial charge in [0.2, 0.25) is 0 Å². The van der Waals surface area contributed by atoms with Crippen molar-refractivity contribution in [2.24, 2.45) is 5.10 Å². The molecule has 0 aliphatic carbocycles. The lowest BCUT2D eigenvalue weighted by atomic mass is 10.2. The molecule has 1 saturated heterocycles. The second kappa shape index (κ2) is 10.9. The first-order chi connectivity index (χ1) is 14.0. The molecule has 29 heavy (non-hydrogen) atoms. The molecule has 0 radical (unpaired) electrons. The maximum absolute atomic E-state index is 11.9. The van der Waals surface area contributed by atoms with Gasteiger partial charge in [0.25, 0.3) is 5.91 Å². The monoisotopic (exact) mass is 499 g/mol. The van der Waals surface area contributed by atoms with Gasteiger partial charge in [0.1, 0.15) is 12.4 Å². The van der Waals surface area contributed by atoms with Crippen molar-refractivity contribution in [2.75, 3.05) is 32.8 Å². The molecule has 1 amide bonds. The topological polar surface area (TPSA) is 63.2 Å². The van der Waals surface area contributed by atoms with E-state index in [1.165, 1.54) is 0 Å². The van der Waals surface area contributed by atoms with Gasteiger partial charge < -0.3 is 9.47 Å². The maximum Gasteiger partial charge on any atom is 0.254 e. The first kappa shape index (κ1) is 22.1. The number of hydrogen-bond acceptors (Lipinski definition) is 5. The second-order valence-corrected chi connectivity index (χ2v) is 8.09. The Hall–Kier alpha value is -1.64. The molecule has 0 aromatic heterocycles. The summed E-state index contributed by atoms with van der Waals surface area (Å²) in [6.45, 7) is 3.45. The molecule has 2 aromatic rings. The Kier molecular flexibility index (Phi) is 8.32. The lowest BCUT2D eigenvalue weighted by molar-refractivity contribution is -0.123. The average Bonchev–Trinajstić information content (AvgIpc) is 2.69. The Bertz CT molecular complexity index is 889. The summed E-state index contributed by atoms with van der Waals surface area (Å²) in [4.78, 5) is 14.0. The molecule has 1 aliphatic heterocycles. The van der Waals surface area contributed by atoms with E-state index in [9.17, 15) is 4.79 Å². The second-order valence-electron chi connectivity index (χ2n) is 6.40. The Morgan fingerprint density at radius 3 is 2.76 bits per heavy atom. The fraction of sp³-hybridized carbons (Fsp3) is 0.300. The minimum absolute atomic E-state index is 0.151. The van der Waals surface area contributed by atoms with E-state index in [1.807, 2.05) is 29.2 Å². The summed E-state index contributed by atoms with van der Waals surface area (Å²) in [6.07, 6.45) is 1.59. The number of ether oxygens (including phenoxy) is 2. The number of benzene rings is 2. The smallest absolute Gasteiger partial charge is 0.254 e. The molecule has 1 heterocycles. The molecule has 0 unspecified atom stereocenters. The van der Waals surface area contributed by atoms with Crippen molar-refractivity contribution in [1.29, 1.82) is 0 Å². The molecular formula is C20H20BrCl2N3O3. The van der Waals surface area contributed by atoms with Gasteiger partial charge in [0, 0.05) is 28.7 Å². The zero-order valence-corrected chi connectivity index (χ0v) is 18.6. The van der Waals surface area contributed by atoms with E-state index in [0.29, 0.717) is 42.2 Å². The quantitative estimate of drug-likeness (QED) is 0.459. The van der Waals surface area contributed by atoms with Crippen LogP contribution in [0.25, 0.3) is 0 Å². The summed E-state index contributed by atoms with van der Waals surface area (Å²) in [7, 11) is 0. The fourth-order valence-electron chi connectivity index (χ4n) is 2.69. The SMILES string of the molecule is O=C(CN1CCOCC1)N/N=C/c1ccc(OCc2ccc(Cl)cc2Cl)c(Br)c1. The minimum Gasteiger partial charge on any atom is -0.488 e. The van der Waals surface area contributed by atoms with Crippen LogP contribution in [0.15, 0.2) is 46.0 Å². The number of carbonyl (C=O) groups excluding carboxylic acids is 1. The highest BCUT2D eigenvalue weighted by molar-refractivity contribution is 9.10. The summed E-state index contributed by atoms with van der Waals surface area (Å²) in [5.41, 5.74) is 4.21. The predicted molar refractivity (Wildman–Crippen MR) is 118 cm³/mol. The number of amides is 1. The third kappa shape index (κ3) is 6.97. The molecule has 1 N–H and O–H groups in total. The largest absolute Gasteiger partial charge is 0.488 e. The molecule has 0 saturated carbocycles. The lowest BCUT2D eigenvalue weighted by Crippen LogP contribution is -2.42. The van der Waals surface area contributed by atoms with Gasteiger partial charge in [0.15, 0.2) is 0 Å². The molecule has 0 bridgehead atoms. The number of nitrogens with zero attached hydrogens (tertiary/aromatic N) is 2. The molecule has 0 atom stereocenters. The van der Waals surface area contributed by atoms with Crippen LogP contribution in [0.3, 0.4) is 0 Å². The van der Waals surface area contributed by atoms with E-state index >= 15 is 0 Å². The Labute approximate surface area is 187 Å². The highest BCUT2D eigenvalue weighted by atomic mass is 79.9. The highest BCUT2D eigenvalue weighted by Gasteiger charge is 2.13. The summed E-state index contributed by atoms with van der Waals surface area (Å²) < 4.78 is 11.9. The van der Waals surface area contributed by atoms with Crippen LogP contribution >= 0.6 is 39.1 Å². The number of halogens is 3. The first-order valence-corrected chi connectivity index (χ1v) is 10.5. The number of hydrazone groups is 1. The molecule has 6 nitrogen and oxygen atoms in total. The molecule has 2 aromatic carbocycles. The van der Waals surface area contributed by atoms with Gasteiger partial charge in [-0.1, -0.05) is 29.3 Å². The van der Waals surface area contributed by atoms with Gasteiger partial charge in [-0.3, -0.25) is 9.69 Å². The number of morpholine rings is 1. The minimum atomic E-state index is -0.151. The van der Waals surface area contributed by atoms with Crippen molar-refractivity contribution in [2.45, 2.75) is 6.61 Å². The van der Waals surface area contributed by atoms with Crippen LogP contribution in [0.1, 0.15) is 11.1 Å². The first-order valence-electron chi connectivity index (χ1n) is 8.99. The van der Waals surface area contributed by atoms with Crippen LogP contribution in [0, 0.1) is 0 Å². The van der Waals surface area contributed by atoms with Crippen molar-refractivity contribution in [3.8, 4) is 5.75 Å². The van der Waals surface area contributed by atoms with Crippen LogP contribution < -0.4 is 10.2 Å². The molecule has 0 spiro atoms. The number of nitrogens with one attached hydrogen (secondary N) is 1. The normalized spacial score (nSPS) is 14.9. The van der Waals surface area contributed by atoms with Crippen LogP contribution in [-0.2, 0) is 16.1 Å². The molecule has 154 valence electrons. The fourth-order valence-corrected chi connectivity index (χ4v) is 3.66. The van der Waals surface area contributed by atoms with E-state index < -0.39 is 0 Å². The van der Waals surface area contributed by atoms with E-state index in [4.69, 9.17) is 32.7 Å². The third-order valence-corrected chi connectivity index (χ3v) is 5.43. The van der Waals surface area contributed by atoms with E-state index in [2.05, 4.69) is 26.5 Å². The molecule has 9 heteroatoms. The van der Waals surface area contributed by atoms with E-state index in [1.54, 1.807) is 18.3 Å². The van der Waals surface area contributed by atoms with Crippen molar-refractivity contribution >= 4 is 51.3 Å². The van der Waals surface area contributed by atoms with Crippen molar-refractivity contribution in [3.05, 3.63) is 62.0 Å². The summed E-state index contributed by atoms with van der Waals surface area (Å²) >= 11 is 15.6. The summed E-state index contributed by atoms with van der Waals surface area (Å²) in [5.74, 6) is 0.520. The van der Waals surface area contributed by atoms with Crippen LogP contribution in [0.5, 0.6) is 5.75 Å². The predicted octanol–water partition coefficient (Wildman–Crippen LogP) is 4.12. The zero-order valence-electron chi connectivity index (χ0n) is 15.5. The van der Waals surface area contributed by atoms with Crippen molar-refractivity contribution in [1.82, 2.24) is 10.3 Å². The van der Waals surface area contributed by atoms with Crippen LogP contribution in [-0.4, -0.2) is 49.9 Å². The number of rotatable bonds is 7. The van der Waals surface area contributed by atoms with Gasteiger partial charge in [-0.15, -0.1) is 0 Å². The van der Waals surface area contributed by atoms with E-state index in [0.717, 1.165) is 28.7 Å². The van der Waals surface area contributed by atoms with Crippen molar-refractivity contribution < 1.29 is 14.3 Å². The van der Waals surface area contributed by atoms with Gasteiger partial charge >= 0.3 is 0 Å². The Morgan fingerprint density at radius 1 is 1.24 bits per heavy atom. The average molecular weight is 501 g/mol. The van der Waals surface area contributed by atoms with Crippen molar-refractivity contribution in [3.63, 3.8) is 0 Å². The Balaban J connectivity index is 1.50. The number of hydrogen-bond donors (Lipinski definition) is 1. The third-order valence-electron chi connectivity index (χ3n) is 4.23.